The predicted octanol–water partition coefficient (Wildman–Crippen LogP) is 3.14. The Bertz CT molecular complexity index is 548. The Labute approximate surface area is 111 Å². The van der Waals surface area contributed by atoms with Gasteiger partial charge in [-0.3, -0.25) is 9.78 Å². The molecule has 6 heteroatoms. The molecule has 0 aliphatic rings. The number of halogens is 2. The summed E-state index contributed by atoms with van der Waals surface area (Å²) in [5.41, 5.74) is 0.381. The van der Waals surface area contributed by atoms with Crippen LogP contribution in [0.1, 0.15) is 10.4 Å². The van der Waals surface area contributed by atoms with E-state index in [-0.39, 0.29) is 5.91 Å². The molecule has 2 aromatic rings. The quantitative estimate of drug-likeness (QED) is 0.927. The Morgan fingerprint density at radius 1 is 1.35 bits per heavy atom. The molecule has 0 atom stereocenters. The van der Waals surface area contributed by atoms with Gasteiger partial charge in [0.2, 0.25) is 0 Å². The minimum atomic E-state index is -0.322. The molecule has 0 bridgehead atoms. The van der Waals surface area contributed by atoms with Crippen LogP contribution in [0.3, 0.4) is 0 Å². The van der Waals surface area contributed by atoms with Crippen molar-refractivity contribution in [2.24, 2.45) is 0 Å². The lowest BCUT2D eigenvalue weighted by Crippen LogP contribution is -2.13. The van der Waals surface area contributed by atoms with Gasteiger partial charge in [-0.2, -0.15) is 0 Å². The molecule has 0 aliphatic heterocycles. The molecular weight excluding hydrogens is 305 g/mol. The van der Waals surface area contributed by atoms with Crippen molar-refractivity contribution in [1.82, 2.24) is 9.97 Å². The summed E-state index contributed by atoms with van der Waals surface area (Å²) in [6.45, 7) is 0. The first-order valence-electron chi connectivity index (χ1n) is 4.70. The topological polar surface area (TPSA) is 54.9 Å². The number of hydrogen-bond donors (Lipinski definition) is 1. The van der Waals surface area contributed by atoms with Crippen LogP contribution in [0.5, 0.6) is 0 Å². The van der Waals surface area contributed by atoms with Crippen molar-refractivity contribution in [1.29, 1.82) is 0 Å². The number of hydrogen-bond acceptors (Lipinski definition) is 3. The molecule has 0 aliphatic carbocycles. The van der Waals surface area contributed by atoms with Crippen LogP contribution in [0.2, 0.25) is 5.02 Å². The zero-order valence-electron chi connectivity index (χ0n) is 8.52. The van der Waals surface area contributed by atoms with Gasteiger partial charge in [-0.25, -0.2) is 4.98 Å². The van der Waals surface area contributed by atoms with E-state index >= 15 is 0 Å². The Morgan fingerprint density at radius 3 is 2.88 bits per heavy atom. The Morgan fingerprint density at radius 2 is 2.18 bits per heavy atom. The summed E-state index contributed by atoms with van der Waals surface area (Å²) in [6, 6.07) is 5.14. The van der Waals surface area contributed by atoms with Gasteiger partial charge in [0.15, 0.2) is 5.82 Å². The Hall–Kier alpha value is -1.46. The van der Waals surface area contributed by atoms with Crippen LogP contribution in [-0.4, -0.2) is 15.9 Å². The van der Waals surface area contributed by atoms with Gasteiger partial charge in [0.05, 0.1) is 16.8 Å². The van der Waals surface area contributed by atoms with Gasteiger partial charge in [-0.05, 0) is 28.1 Å². The number of amides is 1. The highest BCUT2D eigenvalue weighted by Gasteiger charge is 2.12. The standard InChI is InChI=1S/C11H7BrClN3O/c12-8-3-1-2-7(10(8)13)11(17)16-9-6-14-4-5-15-9/h1-6H,(H,15,16,17). The van der Waals surface area contributed by atoms with E-state index in [4.69, 9.17) is 11.6 Å². The molecule has 0 saturated heterocycles. The van der Waals surface area contributed by atoms with Crippen molar-refractivity contribution in [3.05, 3.63) is 51.8 Å². The fourth-order valence-electron chi connectivity index (χ4n) is 1.23. The van der Waals surface area contributed by atoms with E-state index in [1.165, 1.54) is 18.6 Å². The predicted molar refractivity (Wildman–Crippen MR) is 69.1 cm³/mol. The molecule has 4 nitrogen and oxygen atoms in total. The number of anilines is 1. The largest absolute Gasteiger partial charge is 0.305 e. The third-order valence-corrected chi connectivity index (χ3v) is 3.30. The average molecular weight is 313 g/mol. The smallest absolute Gasteiger partial charge is 0.258 e. The summed E-state index contributed by atoms with van der Waals surface area (Å²) in [5.74, 6) is 0.0605. The van der Waals surface area contributed by atoms with Crippen LogP contribution in [0.25, 0.3) is 0 Å². The lowest BCUT2D eigenvalue weighted by molar-refractivity contribution is 0.102. The Balaban J connectivity index is 2.24. The molecule has 1 aromatic heterocycles. The second-order valence-electron chi connectivity index (χ2n) is 3.15. The second-order valence-corrected chi connectivity index (χ2v) is 4.38. The van der Waals surface area contributed by atoms with Crippen molar-refractivity contribution >= 4 is 39.3 Å². The normalized spacial score (nSPS) is 10.0. The molecule has 0 fully saturated rings. The highest BCUT2D eigenvalue weighted by atomic mass is 79.9. The number of benzene rings is 1. The van der Waals surface area contributed by atoms with Crippen molar-refractivity contribution in [3.63, 3.8) is 0 Å². The molecule has 0 saturated carbocycles. The average Bonchev–Trinajstić information content (AvgIpc) is 2.34. The molecule has 1 heterocycles. The minimum absolute atomic E-state index is 0.322. The van der Waals surface area contributed by atoms with Crippen LogP contribution in [0.4, 0.5) is 5.82 Å². The molecule has 17 heavy (non-hydrogen) atoms. The summed E-state index contributed by atoms with van der Waals surface area (Å²) < 4.78 is 0.672. The zero-order valence-corrected chi connectivity index (χ0v) is 10.9. The minimum Gasteiger partial charge on any atom is -0.305 e. The lowest BCUT2D eigenvalue weighted by Gasteiger charge is -2.06. The molecule has 1 N–H and O–H groups in total. The number of aromatic nitrogens is 2. The van der Waals surface area contributed by atoms with Gasteiger partial charge in [0.1, 0.15) is 0 Å². The maximum absolute atomic E-state index is 11.9. The van der Waals surface area contributed by atoms with E-state index in [1.807, 2.05) is 0 Å². The highest BCUT2D eigenvalue weighted by molar-refractivity contribution is 9.10. The number of carbonyl (C=O) groups excluding carboxylic acids is 1. The fourth-order valence-corrected chi connectivity index (χ4v) is 1.80. The van der Waals surface area contributed by atoms with Crippen LogP contribution >= 0.6 is 27.5 Å². The molecule has 2 rings (SSSR count). The monoisotopic (exact) mass is 311 g/mol. The molecule has 0 spiro atoms. The van der Waals surface area contributed by atoms with E-state index in [1.54, 1.807) is 18.2 Å². The lowest BCUT2D eigenvalue weighted by atomic mass is 10.2. The van der Waals surface area contributed by atoms with Crippen LogP contribution in [0, 0.1) is 0 Å². The van der Waals surface area contributed by atoms with Crippen molar-refractivity contribution < 1.29 is 4.79 Å². The number of carbonyl (C=O) groups is 1. The van der Waals surface area contributed by atoms with Crippen LogP contribution < -0.4 is 5.32 Å². The highest BCUT2D eigenvalue weighted by Crippen LogP contribution is 2.26. The van der Waals surface area contributed by atoms with Crippen molar-refractivity contribution in [2.45, 2.75) is 0 Å². The third-order valence-electron chi connectivity index (χ3n) is 2.00. The number of nitrogens with zero attached hydrogens (tertiary/aromatic N) is 2. The SMILES string of the molecule is O=C(Nc1cnccn1)c1cccc(Br)c1Cl. The molecule has 1 amide bonds. The fraction of sp³-hybridized carbons (Fsp3) is 0. The van der Waals surface area contributed by atoms with E-state index in [0.29, 0.717) is 20.9 Å². The van der Waals surface area contributed by atoms with Gasteiger partial charge in [-0.1, -0.05) is 17.7 Å². The van der Waals surface area contributed by atoms with Crippen LogP contribution in [0.15, 0.2) is 41.3 Å². The number of rotatable bonds is 2. The summed E-state index contributed by atoms with van der Waals surface area (Å²) in [5, 5.41) is 2.98. The second kappa shape index (κ2) is 5.25. The van der Waals surface area contributed by atoms with Crippen LogP contribution in [-0.2, 0) is 0 Å². The van der Waals surface area contributed by atoms with Gasteiger partial charge in [0.25, 0.3) is 5.91 Å². The van der Waals surface area contributed by atoms with Gasteiger partial charge < -0.3 is 5.32 Å². The van der Waals surface area contributed by atoms with E-state index < -0.39 is 0 Å². The summed E-state index contributed by atoms with van der Waals surface area (Å²) in [7, 11) is 0. The summed E-state index contributed by atoms with van der Waals surface area (Å²) >= 11 is 9.27. The number of nitrogens with one attached hydrogen (secondary N) is 1. The first-order valence-corrected chi connectivity index (χ1v) is 5.87. The van der Waals surface area contributed by atoms with Crippen molar-refractivity contribution in [2.75, 3.05) is 5.32 Å². The Kier molecular flexibility index (Phi) is 3.71. The van der Waals surface area contributed by atoms with Gasteiger partial charge in [0, 0.05) is 16.9 Å². The first kappa shape index (κ1) is 12.0. The molecule has 0 unspecified atom stereocenters. The van der Waals surface area contributed by atoms with Gasteiger partial charge in [-0.15, -0.1) is 0 Å². The van der Waals surface area contributed by atoms with E-state index in [0.717, 1.165) is 0 Å². The maximum Gasteiger partial charge on any atom is 0.258 e. The maximum atomic E-state index is 11.9. The van der Waals surface area contributed by atoms with E-state index in [2.05, 4.69) is 31.2 Å². The molecular formula is C11H7BrClN3O. The first-order chi connectivity index (χ1) is 8.18. The van der Waals surface area contributed by atoms with Crippen molar-refractivity contribution in [3.8, 4) is 0 Å². The molecule has 1 aromatic carbocycles. The summed E-state index contributed by atoms with van der Waals surface area (Å²) in [6.07, 6.45) is 4.49. The third kappa shape index (κ3) is 2.81. The summed E-state index contributed by atoms with van der Waals surface area (Å²) in [4.78, 5) is 19.7. The molecule has 0 radical (unpaired) electrons. The van der Waals surface area contributed by atoms with Gasteiger partial charge >= 0.3 is 0 Å². The molecule has 86 valence electrons. The zero-order chi connectivity index (χ0) is 12.3. The van der Waals surface area contributed by atoms with E-state index in [9.17, 15) is 4.79 Å².